The smallest absolute Gasteiger partial charge is 0.274 e. The van der Waals surface area contributed by atoms with E-state index in [1.807, 2.05) is 0 Å². The number of para-hydroxylation sites is 1. The summed E-state index contributed by atoms with van der Waals surface area (Å²) in [6.45, 7) is 0.852. The van der Waals surface area contributed by atoms with Crippen LogP contribution in [0.25, 0.3) is 0 Å². The molecule has 0 amide bonds. The first-order valence-electron chi connectivity index (χ1n) is 4.36. The molecule has 84 valence electrons. The van der Waals surface area contributed by atoms with Gasteiger partial charge in [-0.1, -0.05) is 12.1 Å². The predicted molar refractivity (Wildman–Crippen MR) is 51.5 cm³/mol. The van der Waals surface area contributed by atoms with Gasteiger partial charge in [-0.15, -0.1) is 0 Å². The normalized spacial score (nSPS) is 11.5. The molecule has 2 N–H and O–H groups in total. The molecule has 0 aliphatic heterocycles. The van der Waals surface area contributed by atoms with Crippen LogP contribution in [0.4, 0.5) is 8.78 Å². The summed E-state index contributed by atoms with van der Waals surface area (Å²) >= 11 is 0. The van der Waals surface area contributed by atoms with Crippen molar-refractivity contribution in [1.82, 2.24) is 0 Å². The van der Waals surface area contributed by atoms with Crippen LogP contribution >= 0.6 is 0 Å². The highest BCUT2D eigenvalue weighted by Gasteiger charge is 2.29. The van der Waals surface area contributed by atoms with Crippen molar-refractivity contribution in [3.8, 4) is 5.75 Å². The van der Waals surface area contributed by atoms with E-state index in [0.29, 0.717) is 5.56 Å². The second-order valence-corrected chi connectivity index (χ2v) is 3.20. The molecular weight excluding hydrogens is 204 g/mol. The van der Waals surface area contributed by atoms with Crippen LogP contribution in [0.15, 0.2) is 18.2 Å². The molecule has 5 heteroatoms. The molecule has 3 nitrogen and oxygen atoms in total. The van der Waals surface area contributed by atoms with Crippen LogP contribution in [0.1, 0.15) is 18.1 Å². The third-order valence-electron chi connectivity index (χ3n) is 2.01. The fourth-order valence-corrected chi connectivity index (χ4v) is 1.38. The third kappa shape index (κ3) is 2.64. The van der Waals surface area contributed by atoms with Crippen LogP contribution in [0.2, 0.25) is 0 Å². The summed E-state index contributed by atoms with van der Waals surface area (Å²) in [5.41, 5.74) is 0.332. The zero-order valence-corrected chi connectivity index (χ0v) is 8.59. The lowest BCUT2D eigenvalue weighted by atomic mass is 10.0. The Bertz CT molecular complexity index is 337. The molecule has 0 unspecified atom stereocenters. The molecule has 0 spiro atoms. The molecule has 0 aromatic heterocycles. The molecule has 1 rings (SSSR count). The van der Waals surface area contributed by atoms with E-state index in [9.17, 15) is 8.78 Å². The average molecular weight is 217 g/mol. The summed E-state index contributed by atoms with van der Waals surface area (Å²) in [5.74, 6) is 2.07. The maximum Gasteiger partial charge on any atom is 0.274 e. The average Bonchev–Trinajstić information content (AvgIpc) is 2.16. The van der Waals surface area contributed by atoms with E-state index in [1.165, 1.54) is 19.2 Å². The fourth-order valence-electron chi connectivity index (χ4n) is 1.38. The van der Waals surface area contributed by atoms with Gasteiger partial charge in [-0.25, -0.2) is 14.7 Å². The zero-order chi connectivity index (χ0) is 11.5. The van der Waals surface area contributed by atoms with Crippen LogP contribution in [-0.4, -0.2) is 7.11 Å². The van der Waals surface area contributed by atoms with Gasteiger partial charge in [-0.2, -0.15) is 0 Å². The molecule has 15 heavy (non-hydrogen) atoms. The highest BCUT2D eigenvalue weighted by molar-refractivity contribution is 5.43. The second kappa shape index (κ2) is 4.55. The van der Waals surface area contributed by atoms with Gasteiger partial charge in [-0.3, -0.25) is 4.84 Å². The van der Waals surface area contributed by atoms with Gasteiger partial charge in [-0.05, 0) is 6.07 Å². The van der Waals surface area contributed by atoms with E-state index >= 15 is 0 Å². The van der Waals surface area contributed by atoms with Gasteiger partial charge in [0.2, 0.25) is 0 Å². The molecule has 0 heterocycles. The number of nitrogens with two attached hydrogens (primary N) is 1. The Labute approximate surface area is 86.7 Å². The van der Waals surface area contributed by atoms with Crippen molar-refractivity contribution in [2.24, 2.45) is 5.90 Å². The number of alkyl halides is 2. The van der Waals surface area contributed by atoms with Crippen LogP contribution in [0, 0.1) is 0 Å². The quantitative estimate of drug-likeness (QED) is 0.786. The Morgan fingerprint density at radius 3 is 2.53 bits per heavy atom. The molecule has 1 aromatic carbocycles. The van der Waals surface area contributed by atoms with Crippen molar-refractivity contribution in [2.45, 2.75) is 19.5 Å². The van der Waals surface area contributed by atoms with Crippen molar-refractivity contribution in [2.75, 3.05) is 7.11 Å². The van der Waals surface area contributed by atoms with E-state index in [4.69, 9.17) is 10.6 Å². The van der Waals surface area contributed by atoms with Gasteiger partial charge in [0.25, 0.3) is 5.92 Å². The Morgan fingerprint density at radius 2 is 2.07 bits per heavy atom. The molecule has 0 saturated heterocycles. The Balaban J connectivity index is 3.22. The van der Waals surface area contributed by atoms with Gasteiger partial charge in [0.05, 0.1) is 19.3 Å². The number of hydrogen-bond acceptors (Lipinski definition) is 3. The summed E-state index contributed by atoms with van der Waals surface area (Å²) in [6, 6.07) is 4.46. The van der Waals surface area contributed by atoms with Gasteiger partial charge in [0.15, 0.2) is 0 Å². The molecule has 0 radical (unpaired) electrons. The molecule has 0 fully saturated rings. The molecule has 0 aliphatic rings. The highest BCUT2D eigenvalue weighted by Crippen LogP contribution is 2.36. The summed E-state index contributed by atoms with van der Waals surface area (Å²) < 4.78 is 31.3. The summed E-state index contributed by atoms with van der Waals surface area (Å²) in [7, 11) is 1.34. The van der Waals surface area contributed by atoms with Crippen molar-refractivity contribution >= 4 is 0 Å². The first-order valence-corrected chi connectivity index (χ1v) is 4.36. The largest absolute Gasteiger partial charge is 0.496 e. The van der Waals surface area contributed by atoms with Gasteiger partial charge < -0.3 is 4.74 Å². The minimum Gasteiger partial charge on any atom is -0.496 e. The lowest BCUT2D eigenvalue weighted by Crippen LogP contribution is -2.11. The van der Waals surface area contributed by atoms with E-state index < -0.39 is 5.92 Å². The number of benzene rings is 1. The zero-order valence-electron chi connectivity index (χ0n) is 8.59. The minimum absolute atomic E-state index is 0.0348. The van der Waals surface area contributed by atoms with Crippen LogP contribution in [-0.2, 0) is 17.4 Å². The molecular formula is C10H13F2NO2. The molecule has 0 bridgehead atoms. The number of halogens is 2. The maximum absolute atomic E-state index is 13.2. The predicted octanol–water partition coefficient (Wildman–Crippen LogP) is 2.20. The summed E-state index contributed by atoms with van der Waals surface area (Å²) in [4.78, 5) is 4.41. The molecule has 0 aliphatic carbocycles. The lowest BCUT2D eigenvalue weighted by Gasteiger charge is -2.17. The minimum atomic E-state index is -2.95. The third-order valence-corrected chi connectivity index (χ3v) is 2.01. The summed E-state index contributed by atoms with van der Waals surface area (Å²) in [6.07, 6.45) is 0. The summed E-state index contributed by atoms with van der Waals surface area (Å²) in [5, 5.41) is 0. The highest BCUT2D eigenvalue weighted by atomic mass is 19.3. The van der Waals surface area contributed by atoms with E-state index in [2.05, 4.69) is 4.84 Å². The molecule has 0 saturated carbocycles. The van der Waals surface area contributed by atoms with E-state index in [1.54, 1.807) is 6.07 Å². The standard InChI is InChI=1S/C10H13F2NO2/c1-10(11,12)8-5-3-4-7(6-15-13)9(8)14-2/h3-5H,6,13H2,1-2H3. The van der Waals surface area contributed by atoms with Gasteiger partial charge in [0, 0.05) is 12.5 Å². The van der Waals surface area contributed by atoms with E-state index in [-0.39, 0.29) is 17.9 Å². The number of ether oxygens (including phenoxy) is 1. The monoisotopic (exact) mass is 217 g/mol. The van der Waals surface area contributed by atoms with Crippen molar-refractivity contribution in [3.63, 3.8) is 0 Å². The van der Waals surface area contributed by atoms with Gasteiger partial charge in [0.1, 0.15) is 5.75 Å². The Morgan fingerprint density at radius 1 is 1.40 bits per heavy atom. The maximum atomic E-state index is 13.2. The molecule has 0 atom stereocenters. The van der Waals surface area contributed by atoms with Gasteiger partial charge >= 0.3 is 0 Å². The van der Waals surface area contributed by atoms with Crippen molar-refractivity contribution in [3.05, 3.63) is 29.3 Å². The first-order chi connectivity index (χ1) is 7.00. The van der Waals surface area contributed by atoms with Crippen molar-refractivity contribution < 1.29 is 18.4 Å². The van der Waals surface area contributed by atoms with Crippen LogP contribution in [0.3, 0.4) is 0 Å². The first kappa shape index (κ1) is 11.9. The van der Waals surface area contributed by atoms with Crippen LogP contribution in [0.5, 0.6) is 5.75 Å². The Hall–Kier alpha value is -1.20. The molecule has 1 aromatic rings. The van der Waals surface area contributed by atoms with Crippen molar-refractivity contribution in [1.29, 1.82) is 0 Å². The topological polar surface area (TPSA) is 44.5 Å². The fraction of sp³-hybridized carbons (Fsp3) is 0.400. The number of hydrogen-bond donors (Lipinski definition) is 1. The SMILES string of the molecule is COc1c(CON)cccc1C(C)(F)F. The Kier molecular flexibility index (Phi) is 3.60. The van der Waals surface area contributed by atoms with Crippen LogP contribution < -0.4 is 10.6 Å². The second-order valence-electron chi connectivity index (χ2n) is 3.20. The number of methoxy groups -OCH3 is 1. The lowest BCUT2D eigenvalue weighted by molar-refractivity contribution is 0.0146. The number of rotatable bonds is 4. The van der Waals surface area contributed by atoms with E-state index in [0.717, 1.165) is 6.92 Å².